The lowest BCUT2D eigenvalue weighted by molar-refractivity contribution is 0.161. The quantitative estimate of drug-likeness (QED) is 0.264. The highest BCUT2D eigenvalue weighted by atomic mass is 19.1. The molecule has 3 aromatic carbocycles. The van der Waals surface area contributed by atoms with Crippen LogP contribution in [0.15, 0.2) is 71.5 Å². The van der Waals surface area contributed by atoms with Gasteiger partial charge in [0, 0.05) is 18.7 Å². The molecule has 0 aliphatic heterocycles. The number of tetrazole rings is 1. The second-order valence-corrected chi connectivity index (χ2v) is 10.3. The maximum Gasteiger partial charge on any atom is 0.252 e. The fourth-order valence-corrected chi connectivity index (χ4v) is 5.20. The molecule has 0 saturated heterocycles. The molecule has 0 spiro atoms. The third-order valence-electron chi connectivity index (χ3n) is 7.18. The van der Waals surface area contributed by atoms with Crippen LogP contribution in [-0.2, 0) is 19.6 Å². The molecule has 0 aliphatic carbocycles. The maximum atomic E-state index is 13.5. The van der Waals surface area contributed by atoms with E-state index < -0.39 is 0 Å². The molecule has 2 heterocycles. The minimum atomic E-state index is -0.280. The van der Waals surface area contributed by atoms with Crippen LogP contribution in [-0.4, -0.2) is 30.1 Å². The second-order valence-electron chi connectivity index (χ2n) is 10.3. The predicted octanol–water partition coefficient (Wildman–Crippen LogP) is 5.78. The molecule has 39 heavy (non-hydrogen) atoms. The summed E-state index contributed by atoms with van der Waals surface area (Å²) in [6.45, 7) is 9.71. The first kappa shape index (κ1) is 26.4. The van der Waals surface area contributed by atoms with Crippen LogP contribution in [0.1, 0.15) is 58.6 Å². The lowest BCUT2D eigenvalue weighted by atomic mass is 10.0. The summed E-state index contributed by atoms with van der Waals surface area (Å²) in [6, 6.07) is 20.8. The van der Waals surface area contributed by atoms with E-state index in [1.807, 2.05) is 13.0 Å². The first-order chi connectivity index (χ1) is 18.8. The van der Waals surface area contributed by atoms with Crippen LogP contribution in [0.25, 0.3) is 10.9 Å². The van der Waals surface area contributed by atoms with Gasteiger partial charge in [0.1, 0.15) is 5.82 Å². The Morgan fingerprint density at radius 3 is 2.36 bits per heavy atom. The van der Waals surface area contributed by atoms with Crippen molar-refractivity contribution in [2.45, 2.75) is 59.8 Å². The van der Waals surface area contributed by atoms with E-state index in [4.69, 9.17) is 0 Å². The van der Waals surface area contributed by atoms with Crippen molar-refractivity contribution in [1.29, 1.82) is 0 Å². The van der Waals surface area contributed by atoms with Gasteiger partial charge in [0.2, 0.25) is 0 Å². The summed E-state index contributed by atoms with van der Waals surface area (Å²) in [5.74, 6) is 0.426. The Balaban J connectivity index is 1.53. The summed E-state index contributed by atoms with van der Waals surface area (Å²) in [5, 5.41) is 13.7. The van der Waals surface area contributed by atoms with Crippen molar-refractivity contribution in [3.8, 4) is 0 Å². The third-order valence-corrected chi connectivity index (χ3v) is 7.18. The third kappa shape index (κ3) is 5.96. The molecule has 0 amide bonds. The van der Waals surface area contributed by atoms with Crippen LogP contribution in [0.3, 0.4) is 0 Å². The summed E-state index contributed by atoms with van der Waals surface area (Å²) in [4.78, 5) is 18.7. The van der Waals surface area contributed by atoms with Crippen LogP contribution in [0.4, 0.5) is 4.39 Å². The molecule has 7 nitrogen and oxygen atoms in total. The highest BCUT2D eigenvalue weighted by Crippen LogP contribution is 2.27. The van der Waals surface area contributed by atoms with Gasteiger partial charge in [-0.3, -0.25) is 9.69 Å². The predicted molar refractivity (Wildman–Crippen MR) is 151 cm³/mol. The summed E-state index contributed by atoms with van der Waals surface area (Å²) in [5.41, 5.74) is 6.91. The Labute approximate surface area is 227 Å². The Morgan fingerprint density at radius 2 is 1.64 bits per heavy atom. The SMILES string of the molecule is CC[C@@H](c1nnnn1Cc1ccc(F)cc1)N(Cc1ccc(C)cc1)Cc1cc2cc(C)cc(C)c2[nH]c1=O. The number of nitrogens with one attached hydrogen (secondary N) is 1. The Bertz CT molecular complexity index is 1640. The number of aryl methyl sites for hydroxylation is 3. The van der Waals surface area contributed by atoms with E-state index in [0.717, 1.165) is 39.6 Å². The van der Waals surface area contributed by atoms with Crippen molar-refractivity contribution in [2.24, 2.45) is 0 Å². The van der Waals surface area contributed by atoms with Crippen molar-refractivity contribution >= 4 is 10.9 Å². The van der Waals surface area contributed by atoms with Crippen molar-refractivity contribution in [3.63, 3.8) is 0 Å². The van der Waals surface area contributed by atoms with E-state index in [9.17, 15) is 9.18 Å². The number of fused-ring (bicyclic) bond motifs is 1. The standard InChI is InChI=1S/C31H33FN6O/c1-5-28(30-34-35-36-38(30)18-24-10-12-27(32)13-11-24)37(17-23-8-6-20(2)7-9-23)19-26-16-25-15-21(3)14-22(4)29(25)33-31(26)39/h6-16,28H,5,17-19H2,1-4H3,(H,33,39)/t28-/m0/s1. The largest absolute Gasteiger partial charge is 0.321 e. The molecule has 200 valence electrons. The van der Waals surface area contributed by atoms with Gasteiger partial charge in [0.05, 0.1) is 18.1 Å². The lowest BCUT2D eigenvalue weighted by Gasteiger charge is -2.30. The Morgan fingerprint density at radius 1 is 0.923 bits per heavy atom. The van der Waals surface area contributed by atoms with Gasteiger partial charge in [-0.1, -0.05) is 60.5 Å². The number of nitrogens with zero attached hydrogens (tertiary/aromatic N) is 5. The highest BCUT2D eigenvalue weighted by molar-refractivity contribution is 5.82. The molecule has 8 heteroatoms. The molecule has 0 saturated carbocycles. The zero-order chi connectivity index (χ0) is 27.5. The zero-order valence-corrected chi connectivity index (χ0v) is 22.8. The fraction of sp³-hybridized carbons (Fsp3) is 0.290. The number of aromatic nitrogens is 5. The van der Waals surface area contributed by atoms with E-state index in [2.05, 4.69) is 82.6 Å². The van der Waals surface area contributed by atoms with Gasteiger partial charge in [-0.15, -0.1) is 5.10 Å². The van der Waals surface area contributed by atoms with Gasteiger partial charge >= 0.3 is 0 Å². The number of hydrogen-bond donors (Lipinski definition) is 1. The summed E-state index contributed by atoms with van der Waals surface area (Å²) in [7, 11) is 0. The van der Waals surface area contributed by atoms with E-state index >= 15 is 0 Å². The van der Waals surface area contributed by atoms with Crippen LogP contribution in [0, 0.1) is 26.6 Å². The summed E-state index contributed by atoms with van der Waals surface area (Å²) < 4.78 is 15.2. The molecule has 0 fully saturated rings. The molecule has 0 unspecified atom stereocenters. The average Bonchev–Trinajstić information content (AvgIpc) is 3.35. The van der Waals surface area contributed by atoms with E-state index in [1.54, 1.807) is 16.8 Å². The van der Waals surface area contributed by atoms with Gasteiger partial charge in [0.25, 0.3) is 5.56 Å². The van der Waals surface area contributed by atoms with E-state index in [0.29, 0.717) is 31.0 Å². The van der Waals surface area contributed by atoms with Crippen molar-refractivity contribution in [3.05, 3.63) is 122 Å². The number of rotatable bonds is 9. The van der Waals surface area contributed by atoms with Gasteiger partial charge in [-0.2, -0.15) is 0 Å². The molecular weight excluding hydrogens is 491 g/mol. The van der Waals surface area contributed by atoms with E-state index in [1.165, 1.54) is 17.7 Å². The van der Waals surface area contributed by atoms with Crippen LogP contribution < -0.4 is 5.56 Å². The van der Waals surface area contributed by atoms with Crippen molar-refractivity contribution in [1.82, 2.24) is 30.1 Å². The Hall–Kier alpha value is -4.17. The molecule has 1 atom stereocenters. The molecule has 5 rings (SSSR count). The number of pyridine rings is 1. The van der Waals surface area contributed by atoms with Gasteiger partial charge < -0.3 is 4.98 Å². The monoisotopic (exact) mass is 524 g/mol. The first-order valence-corrected chi connectivity index (χ1v) is 13.2. The minimum Gasteiger partial charge on any atom is -0.321 e. The van der Waals surface area contributed by atoms with Crippen molar-refractivity contribution in [2.75, 3.05) is 0 Å². The lowest BCUT2D eigenvalue weighted by Crippen LogP contribution is -2.32. The number of hydrogen-bond acceptors (Lipinski definition) is 5. The summed E-state index contributed by atoms with van der Waals surface area (Å²) >= 11 is 0. The topological polar surface area (TPSA) is 79.7 Å². The molecule has 0 bridgehead atoms. The van der Waals surface area contributed by atoms with Crippen LogP contribution >= 0.6 is 0 Å². The zero-order valence-electron chi connectivity index (χ0n) is 22.8. The minimum absolute atomic E-state index is 0.0934. The number of benzene rings is 3. The highest BCUT2D eigenvalue weighted by Gasteiger charge is 2.26. The molecular formula is C31H33FN6O. The smallest absolute Gasteiger partial charge is 0.252 e. The molecule has 0 aliphatic rings. The van der Waals surface area contributed by atoms with Crippen molar-refractivity contribution < 1.29 is 4.39 Å². The van der Waals surface area contributed by atoms with E-state index in [-0.39, 0.29) is 17.4 Å². The second kappa shape index (κ2) is 11.3. The number of aromatic amines is 1. The first-order valence-electron chi connectivity index (χ1n) is 13.2. The maximum absolute atomic E-state index is 13.5. The van der Waals surface area contributed by atoms with Gasteiger partial charge in [-0.25, -0.2) is 9.07 Å². The van der Waals surface area contributed by atoms with Crippen LogP contribution in [0.2, 0.25) is 0 Å². The van der Waals surface area contributed by atoms with Crippen LogP contribution in [0.5, 0.6) is 0 Å². The molecule has 2 aromatic heterocycles. The molecule has 0 radical (unpaired) electrons. The number of H-pyrrole nitrogens is 1. The molecule has 1 N–H and O–H groups in total. The average molecular weight is 525 g/mol. The summed E-state index contributed by atoms with van der Waals surface area (Å²) in [6.07, 6.45) is 0.735. The molecule has 5 aromatic rings. The normalized spacial score (nSPS) is 12.4. The van der Waals surface area contributed by atoms with Gasteiger partial charge in [-0.05, 0) is 84.0 Å². The van der Waals surface area contributed by atoms with Gasteiger partial charge in [0.15, 0.2) is 5.82 Å². The fourth-order valence-electron chi connectivity index (χ4n) is 5.20. The number of halogens is 1. The Kier molecular flexibility index (Phi) is 7.65.